The van der Waals surface area contributed by atoms with Gasteiger partial charge in [-0.05, 0) is 37.5 Å². The number of aromatic carboxylic acids is 1. The van der Waals surface area contributed by atoms with Crippen molar-refractivity contribution in [3.05, 3.63) is 29.6 Å². The monoisotopic (exact) mass is 288 g/mol. The van der Waals surface area contributed by atoms with Crippen LogP contribution in [0.1, 0.15) is 48.4 Å². The summed E-state index contributed by atoms with van der Waals surface area (Å²) >= 11 is 0. The average Bonchev–Trinajstić information content (AvgIpc) is 2.85. The molecule has 1 aromatic carbocycles. The van der Waals surface area contributed by atoms with Crippen LogP contribution in [0.15, 0.2) is 18.2 Å². The third-order valence-corrected chi connectivity index (χ3v) is 4.04. The highest BCUT2D eigenvalue weighted by Gasteiger charge is 2.22. The fourth-order valence-corrected chi connectivity index (χ4v) is 3.03. The Morgan fingerprint density at radius 1 is 1.43 bits per heavy atom. The van der Waals surface area contributed by atoms with Crippen LogP contribution in [-0.4, -0.2) is 33.8 Å². The number of hydrogen-bond acceptors (Lipinski definition) is 3. The molecule has 0 atom stereocenters. The number of carbonyl (C=O) groups is 1. The standard InChI is InChI=1S/C16H20N2O3/c1-2-3-15-17-13-5-4-11(16(19)20)10-14(13)18(15)12-6-8-21-9-7-12/h4-5,10,12H,2-3,6-9H2,1H3,(H,19,20). The average molecular weight is 288 g/mol. The predicted octanol–water partition coefficient (Wildman–Crippen LogP) is 3.04. The molecule has 5 heteroatoms. The van der Waals surface area contributed by atoms with Gasteiger partial charge in [-0.15, -0.1) is 0 Å². The minimum absolute atomic E-state index is 0.318. The molecule has 0 spiro atoms. The summed E-state index contributed by atoms with van der Waals surface area (Å²) in [6, 6.07) is 5.55. The van der Waals surface area contributed by atoms with Gasteiger partial charge in [-0.3, -0.25) is 0 Å². The number of imidazole rings is 1. The summed E-state index contributed by atoms with van der Waals surface area (Å²) in [5.41, 5.74) is 2.14. The number of aromatic nitrogens is 2. The lowest BCUT2D eigenvalue weighted by Gasteiger charge is -2.25. The van der Waals surface area contributed by atoms with Crippen LogP contribution < -0.4 is 0 Å². The molecular formula is C16H20N2O3. The molecule has 1 N–H and O–H groups in total. The molecule has 2 aromatic rings. The summed E-state index contributed by atoms with van der Waals surface area (Å²) in [6.45, 7) is 3.65. The summed E-state index contributed by atoms with van der Waals surface area (Å²) in [4.78, 5) is 15.9. The number of aryl methyl sites for hydroxylation is 1. The minimum Gasteiger partial charge on any atom is -0.478 e. The van der Waals surface area contributed by atoms with Crippen LogP contribution in [-0.2, 0) is 11.2 Å². The molecule has 112 valence electrons. The zero-order chi connectivity index (χ0) is 14.8. The fraction of sp³-hybridized carbons (Fsp3) is 0.500. The second-order valence-electron chi connectivity index (χ2n) is 5.50. The van der Waals surface area contributed by atoms with E-state index in [1.54, 1.807) is 12.1 Å². The number of carboxylic acids is 1. The number of ether oxygens (including phenoxy) is 1. The summed E-state index contributed by atoms with van der Waals surface area (Å²) < 4.78 is 7.69. The Morgan fingerprint density at radius 2 is 2.19 bits per heavy atom. The molecule has 2 heterocycles. The first kappa shape index (κ1) is 14.1. The van der Waals surface area contributed by atoms with E-state index in [0.717, 1.165) is 55.8 Å². The quantitative estimate of drug-likeness (QED) is 0.939. The largest absolute Gasteiger partial charge is 0.478 e. The number of nitrogens with zero attached hydrogens (tertiary/aromatic N) is 2. The Labute approximate surface area is 123 Å². The van der Waals surface area contributed by atoms with Gasteiger partial charge >= 0.3 is 5.97 Å². The van der Waals surface area contributed by atoms with Crippen LogP contribution >= 0.6 is 0 Å². The van der Waals surface area contributed by atoms with Gasteiger partial charge in [-0.2, -0.15) is 0 Å². The van der Waals surface area contributed by atoms with E-state index in [0.29, 0.717) is 11.6 Å². The van der Waals surface area contributed by atoms with E-state index >= 15 is 0 Å². The lowest BCUT2D eigenvalue weighted by Crippen LogP contribution is -2.21. The Bertz CT molecular complexity index is 657. The fourth-order valence-electron chi connectivity index (χ4n) is 3.03. The first-order chi connectivity index (χ1) is 10.2. The summed E-state index contributed by atoms with van der Waals surface area (Å²) in [7, 11) is 0. The first-order valence-corrected chi connectivity index (χ1v) is 7.52. The minimum atomic E-state index is -0.895. The van der Waals surface area contributed by atoms with Crippen LogP contribution in [0.2, 0.25) is 0 Å². The molecule has 1 aromatic heterocycles. The molecule has 0 amide bonds. The summed E-state index contributed by atoms with van der Waals surface area (Å²) in [5.74, 6) is 0.163. The van der Waals surface area contributed by atoms with Crippen molar-refractivity contribution in [2.24, 2.45) is 0 Å². The van der Waals surface area contributed by atoms with Gasteiger partial charge < -0.3 is 14.4 Å². The van der Waals surface area contributed by atoms with Gasteiger partial charge in [-0.25, -0.2) is 9.78 Å². The third-order valence-electron chi connectivity index (χ3n) is 4.04. The topological polar surface area (TPSA) is 64.3 Å². The van der Waals surface area contributed by atoms with Crippen molar-refractivity contribution in [1.82, 2.24) is 9.55 Å². The normalized spacial score (nSPS) is 16.4. The van der Waals surface area contributed by atoms with Crippen LogP contribution in [0.4, 0.5) is 0 Å². The van der Waals surface area contributed by atoms with E-state index in [1.807, 2.05) is 6.07 Å². The van der Waals surface area contributed by atoms with Gasteiger partial charge in [0.1, 0.15) is 5.82 Å². The molecule has 1 saturated heterocycles. The van der Waals surface area contributed by atoms with E-state index in [1.165, 1.54) is 0 Å². The Kier molecular flexibility index (Phi) is 3.92. The van der Waals surface area contributed by atoms with Crippen LogP contribution in [0.3, 0.4) is 0 Å². The maximum Gasteiger partial charge on any atom is 0.335 e. The molecule has 0 saturated carbocycles. The Balaban J connectivity index is 2.13. The highest BCUT2D eigenvalue weighted by atomic mass is 16.5. The van der Waals surface area contributed by atoms with Crippen molar-refractivity contribution in [1.29, 1.82) is 0 Å². The molecule has 0 aliphatic carbocycles. The maximum absolute atomic E-state index is 11.2. The number of rotatable bonds is 4. The lowest BCUT2D eigenvalue weighted by molar-refractivity contribution is 0.0689. The first-order valence-electron chi connectivity index (χ1n) is 7.52. The van der Waals surface area contributed by atoms with Crippen molar-refractivity contribution < 1.29 is 14.6 Å². The van der Waals surface area contributed by atoms with E-state index in [2.05, 4.69) is 11.5 Å². The van der Waals surface area contributed by atoms with Crippen LogP contribution in [0.5, 0.6) is 0 Å². The van der Waals surface area contributed by atoms with Crippen molar-refractivity contribution in [2.45, 2.75) is 38.6 Å². The van der Waals surface area contributed by atoms with Crippen LogP contribution in [0, 0.1) is 0 Å². The zero-order valence-electron chi connectivity index (χ0n) is 12.2. The molecule has 3 rings (SSSR count). The molecular weight excluding hydrogens is 268 g/mol. The number of benzene rings is 1. The van der Waals surface area contributed by atoms with Gasteiger partial charge in [0.05, 0.1) is 16.6 Å². The van der Waals surface area contributed by atoms with Crippen molar-refractivity contribution >= 4 is 17.0 Å². The van der Waals surface area contributed by atoms with E-state index in [4.69, 9.17) is 9.72 Å². The van der Waals surface area contributed by atoms with Crippen molar-refractivity contribution in [3.63, 3.8) is 0 Å². The predicted molar refractivity (Wildman–Crippen MR) is 79.8 cm³/mol. The molecule has 21 heavy (non-hydrogen) atoms. The van der Waals surface area contributed by atoms with Crippen molar-refractivity contribution in [3.8, 4) is 0 Å². The van der Waals surface area contributed by atoms with Gasteiger partial charge in [-0.1, -0.05) is 6.92 Å². The second kappa shape index (κ2) is 5.85. The van der Waals surface area contributed by atoms with Crippen molar-refractivity contribution in [2.75, 3.05) is 13.2 Å². The van der Waals surface area contributed by atoms with Gasteiger partial charge in [0.25, 0.3) is 0 Å². The smallest absolute Gasteiger partial charge is 0.335 e. The Morgan fingerprint density at radius 3 is 2.86 bits per heavy atom. The summed E-state index contributed by atoms with van der Waals surface area (Å²) in [5, 5.41) is 9.21. The van der Waals surface area contributed by atoms with Gasteiger partial charge in [0, 0.05) is 25.7 Å². The SMILES string of the molecule is CCCc1nc2ccc(C(=O)O)cc2n1C1CCOCC1. The lowest BCUT2D eigenvalue weighted by atomic mass is 10.1. The summed E-state index contributed by atoms with van der Waals surface area (Å²) in [6.07, 6.45) is 3.85. The number of fused-ring (bicyclic) bond motifs is 1. The van der Waals surface area contributed by atoms with E-state index in [9.17, 15) is 9.90 Å². The highest BCUT2D eigenvalue weighted by Crippen LogP contribution is 2.29. The molecule has 0 unspecified atom stereocenters. The Hall–Kier alpha value is -1.88. The van der Waals surface area contributed by atoms with E-state index in [-0.39, 0.29) is 0 Å². The molecule has 1 aliphatic rings. The molecule has 1 fully saturated rings. The molecule has 5 nitrogen and oxygen atoms in total. The van der Waals surface area contributed by atoms with Gasteiger partial charge in [0.2, 0.25) is 0 Å². The highest BCUT2D eigenvalue weighted by molar-refractivity contribution is 5.92. The molecule has 0 radical (unpaired) electrons. The van der Waals surface area contributed by atoms with Gasteiger partial charge in [0.15, 0.2) is 0 Å². The molecule has 1 aliphatic heterocycles. The number of hydrogen-bond donors (Lipinski definition) is 1. The maximum atomic E-state index is 11.2. The van der Waals surface area contributed by atoms with Crippen LogP contribution in [0.25, 0.3) is 11.0 Å². The van der Waals surface area contributed by atoms with E-state index < -0.39 is 5.97 Å². The third kappa shape index (κ3) is 2.65. The molecule has 0 bridgehead atoms. The number of carboxylic acid groups (broad SMARTS) is 1. The second-order valence-corrected chi connectivity index (χ2v) is 5.50. The zero-order valence-corrected chi connectivity index (χ0v) is 12.2.